The second-order valence-electron chi connectivity index (χ2n) is 16.0. The van der Waals surface area contributed by atoms with E-state index in [-0.39, 0.29) is 47.7 Å². The van der Waals surface area contributed by atoms with Crippen LogP contribution >= 0.6 is 0 Å². The van der Waals surface area contributed by atoms with Crippen LogP contribution in [0.3, 0.4) is 0 Å². The van der Waals surface area contributed by atoms with Gasteiger partial charge in [-0.3, -0.25) is 44.0 Å². The number of anilines is 4. The van der Waals surface area contributed by atoms with Crippen molar-refractivity contribution in [2.24, 2.45) is 5.92 Å². The molecule has 3 fully saturated rings. The Morgan fingerprint density at radius 2 is 1.65 bits per heavy atom. The van der Waals surface area contributed by atoms with Crippen molar-refractivity contribution in [3.8, 4) is 0 Å². The Balaban J connectivity index is 0.715. The highest BCUT2D eigenvalue weighted by Gasteiger charge is 2.45. The van der Waals surface area contributed by atoms with Crippen LogP contribution in [-0.4, -0.2) is 125 Å². The predicted octanol–water partition coefficient (Wildman–Crippen LogP) is 3.64. The van der Waals surface area contributed by atoms with E-state index in [1.165, 1.54) is 0 Å². The molecule has 0 radical (unpaired) electrons. The summed E-state index contributed by atoms with van der Waals surface area (Å²) in [5, 5.41) is 16.2. The van der Waals surface area contributed by atoms with E-state index in [1.54, 1.807) is 48.7 Å². The van der Waals surface area contributed by atoms with Gasteiger partial charge in [0, 0.05) is 80.3 Å². The Kier molecular flexibility index (Phi) is 12.9. The lowest BCUT2D eigenvalue weighted by atomic mass is 9.85. The molecule has 8 rings (SSSR count). The number of hydrogen-bond donors (Lipinski definition) is 5. The molecule has 1 saturated heterocycles. The maximum atomic E-state index is 13.5. The number of likely N-dealkylation sites (N-methyl/N-ethyl adjacent to an activating group) is 1. The second-order valence-corrected chi connectivity index (χ2v) is 16.0. The van der Waals surface area contributed by atoms with E-state index in [2.05, 4.69) is 41.5 Å². The third-order valence-corrected chi connectivity index (χ3v) is 11.6. The van der Waals surface area contributed by atoms with Crippen LogP contribution in [0.5, 0.6) is 0 Å². The molecule has 4 aromatic rings. The largest absolute Gasteiger partial charge is 0.382 e. The molecule has 5 heterocycles. The fourth-order valence-corrected chi connectivity index (χ4v) is 8.05. The fourth-order valence-electron chi connectivity index (χ4n) is 8.05. The molecule has 2 saturated carbocycles. The van der Waals surface area contributed by atoms with Crippen LogP contribution in [0.2, 0.25) is 0 Å². The number of nitrogens with one attached hydrogen (secondary N) is 5. The zero-order chi connectivity index (χ0) is 43.2. The van der Waals surface area contributed by atoms with Gasteiger partial charge in [0.05, 0.1) is 54.3 Å². The quantitative estimate of drug-likeness (QED) is 0.0713. The highest BCUT2D eigenvalue weighted by atomic mass is 16.5. The van der Waals surface area contributed by atoms with Gasteiger partial charge in [0.25, 0.3) is 17.7 Å². The average Bonchev–Trinajstić information content (AvgIpc) is 4.06. The number of rotatable bonds is 18. The number of amides is 6. The lowest BCUT2D eigenvalue weighted by Gasteiger charge is -2.31. The molecule has 0 bridgehead atoms. The van der Waals surface area contributed by atoms with E-state index in [1.807, 2.05) is 24.3 Å². The van der Waals surface area contributed by atoms with Gasteiger partial charge in [-0.25, -0.2) is 9.97 Å². The molecule has 4 aliphatic rings. The van der Waals surface area contributed by atoms with Gasteiger partial charge >= 0.3 is 0 Å². The smallest absolute Gasteiger partial charge is 0.264 e. The van der Waals surface area contributed by atoms with Crippen LogP contribution in [0.15, 0.2) is 61.1 Å². The number of carbonyl (C=O) groups is 6. The molecular formula is C44H50N10O8. The Morgan fingerprint density at radius 1 is 0.855 bits per heavy atom. The topological polar surface area (TPSA) is 226 Å². The van der Waals surface area contributed by atoms with E-state index in [0.717, 1.165) is 34.3 Å². The molecule has 6 amide bonds. The Labute approximate surface area is 357 Å². The van der Waals surface area contributed by atoms with Crippen molar-refractivity contribution in [3.63, 3.8) is 0 Å². The van der Waals surface area contributed by atoms with Crippen LogP contribution in [0.25, 0.3) is 10.9 Å². The highest BCUT2D eigenvalue weighted by molar-refractivity contribution is 6.25. The van der Waals surface area contributed by atoms with Crippen LogP contribution < -0.4 is 26.6 Å². The summed E-state index contributed by atoms with van der Waals surface area (Å²) in [6, 6.07) is 11.7. The van der Waals surface area contributed by atoms with E-state index < -0.39 is 29.7 Å². The van der Waals surface area contributed by atoms with E-state index in [0.29, 0.717) is 94.1 Å². The molecule has 62 heavy (non-hydrogen) atoms. The summed E-state index contributed by atoms with van der Waals surface area (Å²) in [6.45, 7) is 2.08. The SMILES string of the molecule is CN(CCOCCOCCNc1cccc2c1C(=O)N(C1CCC(=O)NC1=O)C2=O)C(=O)C1CCC(NC(=O)c2cnc(Nc3ccc4cnccc4n3)cc2NC2CC2)CC1. The molecule has 18 nitrogen and oxygen atoms in total. The molecule has 3 aromatic heterocycles. The number of imide groups is 2. The number of fused-ring (bicyclic) bond motifs is 2. The Hall–Kier alpha value is -6.53. The maximum Gasteiger partial charge on any atom is 0.264 e. The molecule has 324 valence electrons. The summed E-state index contributed by atoms with van der Waals surface area (Å²) in [6.07, 6.45) is 10.0. The maximum absolute atomic E-state index is 13.5. The zero-order valence-corrected chi connectivity index (χ0v) is 34.5. The van der Waals surface area contributed by atoms with Crippen LogP contribution in [0.4, 0.5) is 23.0 Å². The fraction of sp³-hybridized carbons (Fsp3) is 0.432. The molecular weight excluding hydrogens is 797 g/mol. The van der Waals surface area contributed by atoms with E-state index in [4.69, 9.17) is 9.47 Å². The molecule has 0 spiro atoms. The number of aromatic nitrogens is 3. The number of pyridine rings is 3. The first kappa shape index (κ1) is 42.2. The van der Waals surface area contributed by atoms with Crippen molar-refractivity contribution in [3.05, 3.63) is 77.7 Å². The minimum atomic E-state index is -1.03. The van der Waals surface area contributed by atoms with Gasteiger partial charge < -0.3 is 35.6 Å². The van der Waals surface area contributed by atoms with Gasteiger partial charge in [0.2, 0.25) is 17.7 Å². The summed E-state index contributed by atoms with van der Waals surface area (Å²) < 4.78 is 11.4. The van der Waals surface area contributed by atoms with Crippen molar-refractivity contribution < 1.29 is 38.2 Å². The Bertz CT molecular complexity index is 2370. The summed E-state index contributed by atoms with van der Waals surface area (Å²) in [4.78, 5) is 93.1. The van der Waals surface area contributed by atoms with Gasteiger partial charge in [0.15, 0.2) is 0 Å². The van der Waals surface area contributed by atoms with Crippen molar-refractivity contribution in [2.45, 2.75) is 69.5 Å². The molecule has 18 heteroatoms. The van der Waals surface area contributed by atoms with E-state index >= 15 is 0 Å². The van der Waals surface area contributed by atoms with Crippen molar-refractivity contribution >= 4 is 69.4 Å². The number of nitrogens with zero attached hydrogens (tertiary/aromatic N) is 5. The van der Waals surface area contributed by atoms with Crippen molar-refractivity contribution in [2.75, 3.05) is 62.5 Å². The monoisotopic (exact) mass is 846 g/mol. The van der Waals surface area contributed by atoms with Gasteiger partial charge in [-0.1, -0.05) is 6.07 Å². The van der Waals surface area contributed by atoms with Gasteiger partial charge in [-0.2, -0.15) is 0 Å². The average molecular weight is 847 g/mol. The number of piperidine rings is 1. The first-order chi connectivity index (χ1) is 30.1. The van der Waals surface area contributed by atoms with Crippen LogP contribution in [0, 0.1) is 5.92 Å². The zero-order valence-electron chi connectivity index (χ0n) is 34.5. The summed E-state index contributed by atoms with van der Waals surface area (Å²) in [5.41, 5.74) is 2.87. The number of benzene rings is 1. The molecule has 1 unspecified atom stereocenters. The van der Waals surface area contributed by atoms with E-state index in [9.17, 15) is 28.8 Å². The first-order valence-corrected chi connectivity index (χ1v) is 21.2. The van der Waals surface area contributed by atoms with Gasteiger partial charge in [0.1, 0.15) is 17.7 Å². The normalized spacial score (nSPS) is 19.8. The summed E-state index contributed by atoms with van der Waals surface area (Å²) in [5.74, 6) is -1.25. The molecule has 2 aliphatic heterocycles. The van der Waals surface area contributed by atoms with Crippen LogP contribution in [-0.2, 0) is 23.9 Å². The standard InChI is InChI=1S/C44H50N10O8/c1-53(18-20-62-22-21-61-19-17-46-33-4-2-3-30-39(33)44(60)54(43(30)59)35-12-14-38(55)52-41(35)57)42(58)26-5-8-29(9-6-26)49-40(56)31-25-47-37(23-34(31)48-28-10-11-28)51-36-13-7-27-24-45-16-15-32(27)50-36/h2-4,7,13,15-16,23-26,28-29,35,46H,5-6,8-12,14,17-22H2,1H3,(H,49,56)(H,52,55,57)(H2,47,48,50,51). The number of hydrogen-bond acceptors (Lipinski definition) is 14. The summed E-state index contributed by atoms with van der Waals surface area (Å²) in [7, 11) is 1.78. The van der Waals surface area contributed by atoms with Crippen LogP contribution in [0.1, 0.15) is 82.4 Å². The third kappa shape index (κ3) is 9.81. The molecule has 1 atom stereocenters. The number of carbonyl (C=O) groups excluding carboxylic acids is 6. The van der Waals surface area contributed by atoms with Crippen molar-refractivity contribution in [1.29, 1.82) is 0 Å². The lowest BCUT2D eigenvalue weighted by Crippen LogP contribution is -2.54. The Morgan fingerprint density at radius 3 is 2.44 bits per heavy atom. The van der Waals surface area contributed by atoms with Gasteiger partial charge in [-0.15, -0.1) is 0 Å². The minimum absolute atomic E-state index is 0.0474. The number of ether oxygens (including phenoxy) is 2. The predicted molar refractivity (Wildman–Crippen MR) is 228 cm³/mol. The first-order valence-electron chi connectivity index (χ1n) is 21.2. The second kappa shape index (κ2) is 19.0. The lowest BCUT2D eigenvalue weighted by molar-refractivity contribution is -0.137. The third-order valence-electron chi connectivity index (χ3n) is 11.6. The molecule has 2 aliphatic carbocycles. The molecule has 1 aromatic carbocycles. The van der Waals surface area contributed by atoms with Crippen molar-refractivity contribution in [1.82, 2.24) is 35.4 Å². The highest BCUT2D eigenvalue weighted by Crippen LogP contribution is 2.33. The van der Waals surface area contributed by atoms with Gasteiger partial charge in [-0.05, 0) is 75.3 Å². The minimum Gasteiger partial charge on any atom is -0.382 e. The molecule has 5 N–H and O–H groups in total. The summed E-state index contributed by atoms with van der Waals surface area (Å²) >= 11 is 0.